The van der Waals surface area contributed by atoms with E-state index in [4.69, 9.17) is 5.11 Å². The molecular weight excluding hydrogens is 301 g/mol. The van der Waals surface area contributed by atoms with Gasteiger partial charge in [-0.25, -0.2) is 9.18 Å². The van der Waals surface area contributed by atoms with Crippen molar-refractivity contribution in [1.29, 1.82) is 0 Å². The van der Waals surface area contributed by atoms with Gasteiger partial charge in [-0.3, -0.25) is 4.79 Å². The lowest BCUT2D eigenvalue weighted by Crippen LogP contribution is -2.36. The van der Waals surface area contributed by atoms with Crippen LogP contribution in [0.3, 0.4) is 0 Å². The summed E-state index contributed by atoms with van der Waals surface area (Å²) in [6.45, 7) is 2.17. The van der Waals surface area contributed by atoms with E-state index in [-0.39, 0.29) is 25.3 Å². The number of nitrogens with one attached hydrogen (secondary N) is 2. The molecule has 1 fully saturated rings. The number of hydrogen-bond acceptors (Lipinski definition) is 3. The van der Waals surface area contributed by atoms with Crippen molar-refractivity contribution in [2.75, 3.05) is 24.5 Å². The zero-order chi connectivity index (χ0) is 16.7. The zero-order valence-electron chi connectivity index (χ0n) is 13.0. The van der Waals surface area contributed by atoms with Gasteiger partial charge in [-0.15, -0.1) is 0 Å². The first-order chi connectivity index (χ1) is 11.1. The lowest BCUT2D eigenvalue weighted by Gasteiger charge is -2.22. The molecule has 2 amide bonds. The van der Waals surface area contributed by atoms with E-state index < -0.39 is 12.0 Å². The van der Waals surface area contributed by atoms with Crippen LogP contribution in [0.4, 0.5) is 14.9 Å². The van der Waals surface area contributed by atoms with Crippen molar-refractivity contribution in [3.05, 3.63) is 29.6 Å². The Balaban J connectivity index is 1.87. The average molecular weight is 323 g/mol. The van der Waals surface area contributed by atoms with Gasteiger partial charge in [0.05, 0.1) is 0 Å². The lowest BCUT2D eigenvalue weighted by atomic mass is 10.1. The molecular formula is C16H22FN3O3. The van der Waals surface area contributed by atoms with E-state index in [1.807, 2.05) is 6.07 Å². The highest BCUT2D eigenvalue weighted by Gasteiger charge is 2.18. The molecule has 0 atom stereocenters. The SMILES string of the molecule is O=C(O)CCCNC(=O)NCc1c(F)cccc1N1CCCC1. The van der Waals surface area contributed by atoms with Gasteiger partial charge < -0.3 is 20.6 Å². The molecule has 6 nitrogen and oxygen atoms in total. The third-order valence-corrected chi connectivity index (χ3v) is 3.82. The van der Waals surface area contributed by atoms with Crippen molar-refractivity contribution < 1.29 is 19.1 Å². The van der Waals surface area contributed by atoms with Crippen LogP contribution in [0.15, 0.2) is 18.2 Å². The molecule has 7 heteroatoms. The minimum Gasteiger partial charge on any atom is -0.481 e. The molecule has 1 aliphatic rings. The summed E-state index contributed by atoms with van der Waals surface area (Å²) in [6, 6.07) is 4.52. The van der Waals surface area contributed by atoms with Gasteiger partial charge in [-0.1, -0.05) is 6.07 Å². The van der Waals surface area contributed by atoms with Crippen LogP contribution < -0.4 is 15.5 Å². The summed E-state index contributed by atoms with van der Waals surface area (Å²) in [4.78, 5) is 24.2. The molecule has 0 aliphatic carbocycles. The molecule has 0 bridgehead atoms. The molecule has 2 rings (SSSR count). The Morgan fingerprint density at radius 1 is 1.22 bits per heavy atom. The summed E-state index contributed by atoms with van der Waals surface area (Å²) < 4.78 is 14.1. The molecule has 23 heavy (non-hydrogen) atoms. The second-order valence-corrected chi connectivity index (χ2v) is 5.54. The molecule has 0 spiro atoms. The van der Waals surface area contributed by atoms with Gasteiger partial charge in [-0.2, -0.15) is 0 Å². The third-order valence-electron chi connectivity index (χ3n) is 3.82. The standard InChI is InChI=1S/C16H22FN3O3/c17-13-5-3-6-14(20-9-1-2-10-20)12(13)11-19-16(23)18-8-4-7-15(21)22/h3,5-6H,1-2,4,7-11H2,(H,21,22)(H2,18,19,23). The Kier molecular flexibility index (Phi) is 6.19. The summed E-state index contributed by atoms with van der Waals surface area (Å²) in [5.41, 5.74) is 1.31. The van der Waals surface area contributed by atoms with Crippen LogP contribution in [0.5, 0.6) is 0 Å². The number of carbonyl (C=O) groups is 2. The number of halogens is 1. The van der Waals surface area contributed by atoms with Gasteiger partial charge >= 0.3 is 12.0 Å². The second-order valence-electron chi connectivity index (χ2n) is 5.54. The van der Waals surface area contributed by atoms with Crippen LogP contribution in [0, 0.1) is 5.82 Å². The molecule has 0 unspecified atom stereocenters. The van der Waals surface area contributed by atoms with Crippen LogP contribution in [0.2, 0.25) is 0 Å². The maximum atomic E-state index is 14.1. The molecule has 1 aromatic carbocycles. The predicted molar refractivity (Wildman–Crippen MR) is 85.0 cm³/mol. The molecule has 0 radical (unpaired) electrons. The molecule has 1 heterocycles. The maximum absolute atomic E-state index is 14.1. The first kappa shape index (κ1) is 17.1. The fourth-order valence-electron chi connectivity index (χ4n) is 2.65. The minimum atomic E-state index is -0.895. The van der Waals surface area contributed by atoms with Crippen molar-refractivity contribution in [1.82, 2.24) is 10.6 Å². The van der Waals surface area contributed by atoms with Crippen molar-refractivity contribution in [3.8, 4) is 0 Å². The molecule has 0 saturated carbocycles. The summed E-state index contributed by atoms with van der Waals surface area (Å²) >= 11 is 0. The second kappa shape index (κ2) is 8.36. The van der Waals surface area contributed by atoms with E-state index in [2.05, 4.69) is 15.5 Å². The number of rotatable bonds is 7. The topological polar surface area (TPSA) is 81.7 Å². The first-order valence-corrected chi connectivity index (χ1v) is 7.84. The first-order valence-electron chi connectivity index (χ1n) is 7.84. The highest BCUT2D eigenvalue weighted by atomic mass is 19.1. The van der Waals surface area contributed by atoms with Gasteiger partial charge in [0, 0.05) is 43.9 Å². The van der Waals surface area contributed by atoms with Crippen LogP contribution in [-0.4, -0.2) is 36.7 Å². The number of urea groups is 1. The highest BCUT2D eigenvalue weighted by molar-refractivity contribution is 5.74. The Hall–Kier alpha value is -2.31. The Morgan fingerprint density at radius 3 is 2.65 bits per heavy atom. The van der Waals surface area contributed by atoms with E-state index in [0.29, 0.717) is 12.0 Å². The third kappa shape index (κ3) is 5.12. The summed E-state index contributed by atoms with van der Waals surface area (Å²) in [5, 5.41) is 13.7. The number of amides is 2. The van der Waals surface area contributed by atoms with E-state index in [9.17, 15) is 14.0 Å². The molecule has 3 N–H and O–H groups in total. The molecule has 1 aromatic rings. The van der Waals surface area contributed by atoms with Crippen LogP contribution >= 0.6 is 0 Å². The molecule has 1 aliphatic heterocycles. The maximum Gasteiger partial charge on any atom is 0.315 e. The van der Waals surface area contributed by atoms with Crippen molar-refractivity contribution in [3.63, 3.8) is 0 Å². The van der Waals surface area contributed by atoms with Gasteiger partial charge in [0.15, 0.2) is 0 Å². The van der Waals surface area contributed by atoms with E-state index in [0.717, 1.165) is 31.6 Å². The average Bonchev–Trinajstić information content (AvgIpc) is 3.04. The van der Waals surface area contributed by atoms with E-state index in [1.54, 1.807) is 6.07 Å². The number of anilines is 1. The number of carboxylic acid groups (broad SMARTS) is 1. The molecule has 126 valence electrons. The van der Waals surface area contributed by atoms with Crippen molar-refractivity contribution in [2.45, 2.75) is 32.2 Å². The Labute approximate surface area is 134 Å². The number of carboxylic acids is 1. The van der Waals surface area contributed by atoms with Gasteiger partial charge in [0.25, 0.3) is 0 Å². The lowest BCUT2D eigenvalue weighted by molar-refractivity contribution is -0.137. The monoisotopic (exact) mass is 323 g/mol. The van der Waals surface area contributed by atoms with Gasteiger partial charge in [-0.05, 0) is 31.4 Å². The van der Waals surface area contributed by atoms with Crippen molar-refractivity contribution in [2.24, 2.45) is 0 Å². The fourth-order valence-corrected chi connectivity index (χ4v) is 2.65. The van der Waals surface area contributed by atoms with Gasteiger partial charge in [0.2, 0.25) is 0 Å². The Morgan fingerprint density at radius 2 is 1.96 bits per heavy atom. The zero-order valence-corrected chi connectivity index (χ0v) is 13.0. The summed E-state index contributed by atoms with van der Waals surface area (Å²) in [6.07, 6.45) is 2.55. The van der Waals surface area contributed by atoms with E-state index in [1.165, 1.54) is 6.07 Å². The summed E-state index contributed by atoms with van der Waals surface area (Å²) in [5.74, 6) is -1.23. The minimum absolute atomic E-state index is 0.00665. The number of benzene rings is 1. The summed E-state index contributed by atoms with van der Waals surface area (Å²) in [7, 11) is 0. The van der Waals surface area contributed by atoms with Crippen LogP contribution in [0.25, 0.3) is 0 Å². The highest BCUT2D eigenvalue weighted by Crippen LogP contribution is 2.26. The largest absolute Gasteiger partial charge is 0.481 e. The van der Waals surface area contributed by atoms with Crippen LogP contribution in [0.1, 0.15) is 31.2 Å². The van der Waals surface area contributed by atoms with E-state index >= 15 is 0 Å². The molecule has 1 saturated heterocycles. The van der Waals surface area contributed by atoms with Crippen molar-refractivity contribution >= 4 is 17.7 Å². The molecule has 0 aromatic heterocycles. The smallest absolute Gasteiger partial charge is 0.315 e. The van der Waals surface area contributed by atoms with Crippen LogP contribution in [-0.2, 0) is 11.3 Å². The number of carbonyl (C=O) groups excluding carboxylic acids is 1. The normalized spacial score (nSPS) is 13.9. The number of nitrogens with zero attached hydrogens (tertiary/aromatic N) is 1. The number of aliphatic carboxylic acids is 1. The Bertz CT molecular complexity index is 560. The fraction of sp³-hybridized carbons (Fsp3) is 0.500. The number of hydrogen-bond donors (Lipinski definition) is 3. The predicted octanol–water partition coefficient (Wildman–Crippen LogP) is 2.09. The van der Waals surface area contributed by atoms with Gasteiger partial charge in [0.1, 0.15) is 5.82 Å². The quantitative estimate of drug-likeness (QED) is 0.671.